The summed E-state index contributed by atoms with van der Waals surface area (Å²) in [6.45, 7) is 6.27. The van der Waals surface area contributed by atoms with Gasteiger partial charge in [-0.25, -0.2) is 22.0 Å². The molecule has 1 aliphatic heterocycles. The highest BCUT2D eigenvalue weighted by Gasteiger charge is 2.24. The van der Waals surface area contributed by atoms with E-state index in [1.54, 1.807) is 0 Å². The third kappa shape index (κ3) is 5.39. The van der Waals surface area contributed by atoms with Crippen molar-refractivity contribution in [1.82, 2.24) is 0 Å². The largest absolute Gasteiger partial charge is 0.378 e. The molecular weight excluding hydrogens is 471 g/mol. The molecule has 2 atom stereocenters. The predicted octanol–water partition coefficient (Wildman–Crippen LogP) is 8.89. The molecule has 0 spiro atoms. The summed E-state index contributed by atoms with van der Waals surface area (Å²) in [4.78, 5) is 0. The Hall–Kier alpha value is -2.99. The van der Waals surface area contributed by atoms with E-state index in [4.69, 9.17) is 4.74 Å². The highest BCUT2D eigenvalue weighted by atomic mass is 19.2. The lowest BCUT2D eigenvalue weighted by atomic mass is 9.90. The molecule has 1 fully saturated rings. The van der Waals surface area contributed by atoms with Crippen molar-refractivity contribution in [1.29, 1.82) is 0 Å². The summed E-state index contributed by atoms with van der Waals surface area (Å²) in [6, 6.07) is 8.98. The number of hydrogen-bond donors (Lipinski definition) is 0. The minimum atomic E-state index is -1.37. The fraction of sp³-hybridized carbons (Fsp3) is 0.333. The summed E-state index contributed by atoms with van der Waals surface area (Å²) < 4.78 is 80.1. The maximum atomic E-state index is 15.0. The van der Waals surface area contributed by atoms with Crippen molar-refractivity contribution < 1.29 is 26.7 Å². The van der Waals surface area contributed by atoms with Gasteiger partial charge in [-0.2, -0.15) is 0 Å². The Morgan fingerprint density at radius 3 is 2.00 bits per heavy atom. The van der Waals surface area contributed by atoms with Gasteiger partial charge in [0, 0.05) is 28.9 Å². The van der Waals surface area contributed by atoms with Crippen LogP contribution in [0.5, 0.6) is 0 Å². The lowest BCUT2D eigenvalue weighted by Crippen LogP contribution is -2.26. The number of rotatable bonds is 8. The second kappa shape index (κ2) is 11.4. The molecule has 0 aliphatic carbocycles. The van der Waals surface area contributed by atoms with Gasteiger partial charge >= 0.3 is 0 Å². The number of halogens is 5. The fourth-order valence-corrected chi connectivity index (χ4v) is 4.83. The summed E-state index contributed by atoms with van der Waals surface area (Å²) in [5, 5.41) is 0. The smallest absolute Gasteiger partial charge is 0.167 e. The van der Waals surface area contributed by atoms with Crippen molar-refractivity contribution in [3.8, 4) is 22.3 Å². The van der Waals surface area contributed by atoms with Crippen LogP contribution in [0.4, 0.5) is 22.0 Å². The van der Waals surface area contributed by atoms with Crippen LogP contribution in [0, 0.1) is 35.0 Å². The third-order valence-electron chi connectivity index (χ3n) is 6.95. The Kier molecular flexibility index (Phi) is 8.24. The van der Waals surface area contributed by atoms with Gasteiger partial charge < -0.3 is 4.74 Å². The van der Waals surface area contributed by atoms with Gasteiger partial charge in [-0.1, -0.05) is 62.4 Å². The van der Waals surface area contributed by atoms with Crippen LogP contribution in [0.1, 0.15) is 50.2 Å². The van der Waals surface area contributed by atoms with Crippen molar-refractivity contribution in [2.24, 2.45) is 5.92 Å². The van der Waals surface area contributed by atoms with Crippen LogP contribution in [0.3, 0.4) is 0 Å². The van der Waals surface area contributed by atoms with Crippen molar-refractivity contribution >= 4 is 6.08 Å². The zero-order valence-corrected chi connectivity index (χ0v) is 20.2. The average Bonchev–Trinajstić information content (AvgIpc) is 2.88. The Morgan fingerprint density at radius 1 is 0.806 bits per heavy atom. The van der Waals surface area contributed by atoms with E-state index in [1.165, 1.54) is 36.4 Å². The van der Waals surface area contributed by atoms with Crippen LogP contribution in [0.15, 0.2) is 49.0 Å². The molecule has 0 saturated carbocycles. The van der Waals surface area contributed by atoms with Crippen molar-refractivity contribution in [3.05, 3.63) is 89.3 Å². The fourth-order valence-electron chi connectivity index (χ4n) is 4.83. The van der Waals surface area contributed by atoms with Crippen molar-refractivity contribution in [3.63, 3.8) is 0 Å². The molecule has 4 rings (SSSR count). The number of aryl methyl sites for hydroxylation is 1. The van der Waals surface area contributed by atoms with Gasteiger partial charge in [-0.05, 0) is 55.2 Å². The van der Waals surface area contributed by atoms with E-state index in [1.807, 2.05) is 0 Å². The van der Waals surface area contributed by atoms with Crippen LogP contribution >= 0.6 is 0 Å². The molecule has 0 amide bonds. The zero-order chi connectivity index (χ0) is 25.8. The summed E-state index contributed by atoms with van der Waals surface area (Å²) in [5.41, 5.74) is -0.581. The van der Waals surface area contributed by atoms with Crippen LogP contribution in [0.2, 0.25) is 0 Å². The minimum Gasteiger partial charge on any atom is -0.378 e. The molecule has 1 nitrogen and oxygen atoms in total. The predicted molar refractivity (Wildman–Crippen MR) is 133 cm³/mol. The molecule has 0 N–H and O–H groups in total. The molecule has 2 unspecified atom stereocenters. The maximum Gasteiger partial charge on any atom is 0.167 e. The van der Waals surface area contributed by atoms with Gasteiger partial charge in [0.2, 0.25) is 0 Å². The molecule has 3 aromatic carbocycles. The number of hydrogen-bond acceptors (Lipinski definition) is 1. The van der Waals surface area contributed by atoms with E-state index in [0.717, 1.165) is 37.8 Å². The molecule has 36 heavy (non-hydrogen) atoms. The molecule has 1 heterocycles. The summed E-state index contributed by atoms with van der Waals surface area (Å²) in [7, 11) is 0. The van der Waals surface area contributed by atoms with Gasteiger partial charge in [-0.15, -0.1) is 0 Å². The van der Waals surface area contributed by atoms with E-state index in [-0.39, 0.29) is 34.3 Å². The first-order valence-corrected chi connectivity index (χ1v) is 12.3. The van der Waals surface area contributed by atoms with Gasteiger partial charge in [0.15, 0.2) is 23.3 Å². The monoisotopic (exact) mass is 500 g/mol. The second-order valence-corrected chi connectivity index (χ2v) is 9.36. The van der Waals surface area contributed by atoms with Gasteiger partial charge in [0.25, 0.3) is 0 Å². The Morgan fingerprint density at radius 2 is 1.42 bits per heavy atom. The lowest BCUT2D eigenvalue weighted by Gasteiger charge is -2.29. The van der Waals surface area contributed by atoms with Crippen LogP contribution < -0.4 is 0 Å². The molecule has 190 valence electrons. The van der Waals surface area contributed by atoms with E-state index < -0.39 is 34.6 Å². The van der Waals surface area contributed by atoms with Crippen LogP contribution in [0.25, 0.3) is 28.3 Å². The molecule has 0 radical (unpaired) electrons. The lowest BCUT2D eigenvalue weighted by molar-refractivity contribution is -0.0218. The highest BCUT2D eigenvalue weighted by molar-refractivity contribution is 5.73. The first-order chi connectivity index (χ1) is 17.3. The minimum absolute atomic E-state index is 0.141. The molecular formula is C30H29F5O. The third-order valence-corrected chi connectivity index (χ3v) is 6.95. The van der Waals surface area contributed by atoms with E-state index in [0.29, 0.717) is 25.0 Å². The van der Waals surface area contributed by atoms with Crippen LogP contribution in [-0.2, 0) is 11.2 Å². The standard InChI is InChI=1S/C30H29F5O/c1-3-5-21-11-7-19(17-36-21)6-9-20-10-13-24(28(33)27(20)32)25-15-14-23(29(34)30(25)35)22-12-8-18(4-2)16-26(22)31/h4,8,10,12-16,19,21H,2-3,5-7,9,11,17H2,1H3. The number of benzene rings is 3. The molecule has 0 aromatic heterocycles. The molecule has 3 aromatic rings. The Balaban J connectivity index is 1.53. The maximum absolute atomic E-state index is 15.0. The summed E-state index contributed by atoms with van der Waals surface area (Å²) in [6.07, 6.45) is 6.75. The SMILES string of the molecule is C=Cc1ccc(-c2ccc(-c3ccc(CCC4CCC(CCC)OC4)c(F)c3F)c(F)c2F)c(F)c1. The molecule has 1 saturated heterocycles. The zero-order valence-electron chi connectivity index (χ0n) is 20.2. The molecule has 1 aliphatic rings. The van der Waals surface area contributed by atoms with E-state index in [9.17, 15) is 22.0 Å². The number of ether oxygens (including phenoxy) is 1. The average molecular weight is 501 g/mol. The van der Waals surface area contributed by atoms with E-state index in [2.05, 4.69) is 13.5 Å². The van der Waals surface area contributed by atoms with Crippen molar-refractivity contribution in [2.45, 2.75) is 51.6 Å². The quantitative estimate of drug-likeness (QED) is 0.281. The van der Waals surface area contributed by atoms with Gasteiger partial charge in [0.05, 0.1) is 6.10 Å². The molecule has 0 bridgehead atoms. The molecule has 6 heteroatoms. The van der Waals surface area contributed by atoms with Gasteiger partial charge in [0.1, 0.15) is 5.82 Å². The first-order valence-electron chi connectivity index (χ1n) is 12.3. The normalized spacial score (nSPS) is 17.8. The Bertz CT molecular complexity index is 1240. The summed E-state index contributed by atoms with van der Waals surface area (Å²) in [5.74, 6) is -5.47. The van der Waals surface area contributed by atoms with Crippen LogP contribution in [-0.4, -0.2) is 12.7 Å². The van der Waals surface area contributed by atoms with Crippen molar-refractivity contribution in [2.75, 3.05) is 6.61 Å². The topological polar surface area (TPSA) is 9.23 Å². The Labute approximate surface area is 208 Å². The first kappa shape index (κ1) is 26.1. The van der Waals surface area contributed by atoms with E-state index >= 15 is 0 Å². The van der Waals surface area contributed by atoms with Gasteiger partial charge in [-0.3, -0.25) is 0 Å². The highest BCUT2D eigenvalue weighted by Crippen LogP contribution is 2.35. The second-order valence-electron chi connectivity index (χ2n) is 9.36. The summed E-state index contributed by atoms with van der Waals surface area (Å²) >= 11 is 0.